The minimum absolute atomic E-state index is 0.0122. The number of nitrogens with one attached hydrogen (secondary N) is 1. The number of benzene rings is 1. The Morgan fingerprint density at radius 1 is 1.15 bits per heavy atom. The van der Waals surface area contributed by atoms with Crippen LogP contribution in [0.15, 0.2) is 54.9 Å². The van der Waals surface area contributed by atoms with Gasteiger partial charge in [-0.25, -0.2) is 0 Å². The molecule has 2 heterocycles. The Bertz CT molecular complexity index is 694. The van der Waals surface area contributed by atoms with Gasteiger partial charge < -0.3 is 5.32 Å². The Labute approximate surface area is 156 Å². The molecule has 1 aliphatic rings. The molecule has 1 aliphatic heterocycles. The van der Waals surface area contributed by atoms with Crippen LogP contribution >= 0.6 is 0 Å². The smallest absolute Gasteiger partial charge is 0.227 e. The fourth-order valence-corrected chi connectivity index (χ4v) is 3.66. The van der Waals surface area contributed by atoms with Gasteiger partial charge in [0.2, 0.25) is 5.91 Å². The lowest BCUT2D eigenvalue weighted by atomic mass is 9.91. The van der Waals surface area contributed by atoms with Crippen LogP contribution in [0, 0.1) is 0 Å². The quantitative estimate of drug-likeness (QED) is 0.831. The van der Waals surface area contributed by atoms with E-state index in [9.17, 15) is 4.79 Å². The predicted molar refractivity (Wildman–Crippen MR) is 105 cm³/mol. The van der Waals surface area contributed by atoms with Gasteiger partial charge in [0, 0.05) is 24.5 Å². The second kappa shape index (κ2) is 8.45. The van der Waals surface area contributed by atoms with Crippen molar-refractivity contribution in [1.29, 1.82) is 0 Å². The Balaban J connectivity index is 1.70. The highest BCUT2D eigenvalue weighted by Crippen LogP contribution is 2.23. The van der Waals surface area contributed by atoms with Crippen molar-refractivity contribution >= 4 is 5.91 Å². The molecule has 1 unspecified atom stereocenters. The monoisotopic (exact) mass is 351 g/mol. The molecular formula is C22H29N3O. The van der Waals surface area contributed by atoms with E-state index in [2.05, 4.69) is 29.0 Å². The molecule has 1 fully saturated rings. The number of rotatable bonds is 7. The highest BCUT2D eigenvalue weighted by molar-refractivity contribution is 5.84. The van der Waals surface area contributed by atoms with Gasteiger partial charge in [0.25, 0.3) is 0 Å². The largest absolute Gasteiger partial charge is 0.354 e. The lowest BCUT2D eigenvalue weighted by Gasteiger charge is -2.36. The maximum atomic E-state index is 13.1. The molecule has 0 aliphatic carbocycles. The first kappa shape index (κ1) is 18.6. The lowest BCUT2D eigenvalue weighted by molar-refractivity contribution is -0.123. The number of carbonyl (C=O) groups excluding carboxylic acids is 1. The third-order valence-electron chi connectivity index (χ3n) is 5.34. The summed E-state index contributed by atoms with van der Waals surface area (Å²) in [5.74, 6) is -0.109. The van der Waals surface area contributed by atoms with Crippen molar-refractivity contribution in [3.05, 3.63) is 66.0 Å². The van der Waals surface area contributed by atoms with E-state index in [-0.39, 0.29) is 17.4 Å². The van der Waals surface area contributed by atoms with E-state index in [1.807, 2.05) is 48.7 Å². The topological polar surface area (TPSA) is 45.2 Å². The van der Waals surface area contributed by atoms with E-state index in [1.165, 1.54) is 12.8 Å². The molecule has 0 spiro atoms. The zero-order valence-corrected chi connectivity index (χ0v) is 15.8. The van der Waals surface area contributed by atoms with Crippen LogP contribution in [0.2, 0.25) is 0 Å². The molecule has 1 aromatic carbocycles. The molecule has 2 aromatic rings. The van der Waals surface area contributed by atoms with Crippen molar-refractivity contribution < 1.29 is 4.79 Å². The number of amides is 1. The summed E-state index contributed by atoms with van der Waals surface area (Å²) in [6.45, 7) is 7.36. The van der Waals surface area contributed by atoms with E-state index >= 15 is 0 Å². The van der Waals surface area contributed by atoms with Gasteiger partial charge in [-0.1, -0.05) is 36.4 Å². The van der Waals surface area contributed by atoms with Gasteiger partial charge in [-0.3, -0.25) is 14.7 Å². The van der Waals surface area contributed by atoms with Gasteiger partial charge in [-0.05, 0) is 63.4 Å². The second-order valence-corrected chi connectivity index (χ2v) is 7.75. The highest BCUT2D eigenvalue weighted by Gasteiger charge is 2.30. The lowest BCUT2D eigenvalue weighted by Crippen LogP contribution is -2.51. The molecule has 0 radical (unpaired) electrons. The van der Waals surface area contributed by atoms with Crippen molar-refractivity contribution in [3.63, 3.8) is 0 Å². The van der Waals surface area contributed by atoms with Crippen molar-refractivity contribution in [3.8, 4) is 0 Å². The molecule has 3 rings (SSSR count). The number of hydrogen-bond acceptors (Lipinski definition) is 3. The first-order valence-corrected chi connectivity index (χ1v) is 9.53. The van der Waals surface area contributed by atoms with Gasteiger partial charge in [-0.2, -0.15) is 0 Å². The van der Waals surface area contributed by atoms with Crippen LogP contribution in [0.4, 0.5) is 0 Å². The fourth-order valence-electron chi connectivity index (χ4n) is 3.66. The number of aromatic nitrogens is 1. The molecule has 1 aromatic heterocycles. The van der Waals surface area contributed by atoms with Gasteiger partial charge in [-0.15, -0.1) is 0 Å². The van der Waals surface area contributed by atoms with Gasteiger partial charge in [0.15, 0.2) is 0 Å². The van der Waals surface area contributed by atoms with Gasteiger partial charge in [0.1, 0.15) is 0 Å². The zero-order valence-electron chi connectivity index (χ0n) is 15.8. The van der Waals surface area contributed by atoms with E-state index in [0.717, 1.165) is 24.2 Å². The summed E-state index contributed by atoms with van der Waals surface area (Å²) in [7, 11) is 0. The Hall–Kier alpha value is -2.20. The molecule has 1 amide bonds. The van der Waals surface area contributed by atoms with Crippen molar-refractivity contribution in [2.75, 3.05) is 19.6 Å². The van der Waals surface area contributed by atoms with Crippen molar-refractivity contribution in [1.82, 2.24) is 15.2 Å². The summed E-state index contributed by atoms with van der Waals surface area (Å²) in [5.41, 5.74) is 2.12. The van der Waals surface area contributed by atoms with Crippen LogP contribution in [0.3, 0.4) is 0 Å². The number of likely N-dealkylation sites (tertiary alicyclic amines) is 1. The maximum Gasteiger partial charge on any atom is 0.227 e. The fraction of sp³-hybridized carbons (Fsp3) is 0.455. The molecule has 0 bridgehead atoms. The standard InChI is InChI=1S/C22H29N3O/c1-22(2,25-13-6-7-14-25)17-24-21(26)20(19-10-4-3-5-11-19)15-18-9-8-12-23-16-18/h3-5,8-12,16,20H,6-7,13-15,17H2,1-2H3,(H,24,26). The zero-order chi connectivity index (χ0) is 18.4. The predicted octanol–water partition coefficient (Wildman–Crippen LogP) is 3.40. The minimum Gasteiger partial charge on any atom is -0.354 e. The van der Waals surface area contributed by atoms with Crippen LogP contribution in [-0.4, -0.2) is 41.0 Å². The van der Waals surface area contributed by atoms with Gasteiger partial charge >= 0.3 is 0 Å². The number of hydrogen-bond donors (Lipinski definition) is 1. The number of nitrogens with zero attached hydrogens (tertiary/aromatic N) is 2. The van der Waals surface area contributed by atoms with E-state index in [1.54, 1.807) is 6.20 Å². The SMILES string of the molecule is CC(C)(CNC(=O)C(Cc1cccnc1)c1ccccc1)N1CCCC1. The first-order chi connectivity index (χ1) is 12.6. The van der Waals surface area contributed by atoms with E-state index < -0.39 is 0 Å². The third kappa shape index (κ3) is 4.70. The molecule has 4 heteroatoms. The molecule has 1 atom stereocenters. The average molecular weight is 351 g/mol. The third-order valence-corrected chi connectivity index (χ3v) is 5.34. The normalized spacial score (nSPS) is 16.4. The second-order valence-electron chi connectivity index (χ2n) is 7.75. The average Bonchev–Trinajstić information content (AvgIpc) is 3.22. The summed E-state index contributed by atoms with van der Waals surface area (Å²) in [4.78, 5) is 19.7. The van der Waals surface area contributed by atoms with Crippen molar-refractivity contribution in [2.24, 2.45) is 0 Å². The Kier molecular flexibility index (Phi) is 6.04. The molecule has 4 nitrogen and oxygen atoms in total. The highest BCUT2D eigenvalue weighted by atomic mass is 16.1. The van der Waals surface area contributed by atoms with Crippen LogP contribution in [0.25, 0.3) is 0 Å². The van der Waals surface area contributed by atoms with E-state index in [0.29, 0.717) is 13.0 Å². The number of pyridine rings is 1. The summed E-state index contributed by atoms with van der Waals surface area (Å²) in [5, 5.41) is 3.22. The molecule has 0 saturated carbocycles. The van der Waals surface area contributed by atoms with Crippen LogP contribution in [0.5, 0.6) is 0 Å². The summed E-state index contributed by atoms with van der Waals surface area (Å²) >= 11 is 0. The summed E-state index contributed by atoms with van der Waals surface area (Å²) in [6, 6.07) is 14.0. The molecule has 26 heavy (non-hydrogen) atoms. The molecule has 1 N–H and O–H groups in total. The first-order valence-electron chi connectivity index (χ1n) is 9.53. The maximum absolute atomic E-state index is 13.1. The summed E-state index contributed by atoms with van der Waals surface area (Å²) in [6.07, 6.45) is 6.78. The molecular weight excluding hydrogens is 322 g/mol. The minimum atomic E-state index is -0.199. The van der Waals surface area contributed by atoms with E-state index in [4.69, 9.17) is 0 Å². The molecule has 1 saturated heterocycles. The van der Waals surface area contributed by atoms with Crippen molar-refractivity contribution in [2.45, 2.75) is 44.6 Å². The Morgan fingerprint density at radius 3 is 2.54 bits per heavy atom. The summed E-state index contributed by atoms with van der Waals surface area (Å²) < 4.78 is 0. The van der Waals surface area contributed by atoms with Crippen LogP contribution < -0.4 is 5.32 Å². The van der Waals surface area contributed by atoms with Crippen LogP contribution in [-0.2, 0) is 11.2 Å². The van der Waals surface area contributed by atoms with Crippen LogP contribution in [0.1, 0.15) is 43.7 Å². The van der Waals surface area contributed by atoms with Gasteiger partial charge in [0.05, 0.1) is 5.92 Å². The Morgan fingerprint density at radius 2 is 1.88 bits per heavy atom. The molecule has 138 valence electrons. The number of carbonyl (C=O) groups is 1.